The van der Waals surface area contributed by atoms with Crippen LogP contribution in [0.5, 0.6) is 11.5 Å². The second kappa shape index (κ2) is 11.4. The Balaban J connectivity index is 1.55. The van der Waals surface area contributed by atoms with Crippen LogP contribution in [0.25, 0.3) is 6.08 Å². The summed E-state index contributed by atoms with van der Waals surface area (Å²) >= 11 is 20.4. The Bertz CT molecular complexity index is 1290. The predicted octanol–water partition coefficient (Wildman–Crippen LogP) is 7.86. The predicted molar refractivity (Wildman–Crippen MR) is 145 cm³/mol. The summed E-state index contributed by atoms with van der Waals surface area (Å²) in [5.41, 5.74) is 2.23. The van der Waals surface area contributed by atoms with Crippen molar-refractivity contribution in [3.63, 3.8) is 0 Å². The van der Waals surface area contributed by atoms with Crippen molar-refractivity contribution in [2.24, 2.45) is 4.99 Å². The molecule has 3 aromatic rings. The fourth-order valence-electron chi connectivity index (χ4n) is 3.35. The Hall–Kier alpha value is -2.64. The molecule has 3 aromatic carbocycles. The third-order valence-electron chi connectivity index (χ3n) is 5.15. The molecule has 1 aliphatic heterocycles. The number of hydrogen-bond acceptors (Lipinski definition) is 5. The van der Waals surface area contributed by atoms with Crippen molar-refractivity contribution in [2.75, 3.05) is 13.7 Å². The average molecular weight is 548 g/mol. The van der Waals surface area contributed by atoms with Crippen LogP contribution in [0.2, 0.25) is 15.1 Å². The normalized spacial score (nSPS) is 15.8. The molecule has 0 aromatic heterocycles. The van der Waals surface area contributed by atoms with Crippen molar-refractivity contribution in [2.45, 2.75) is 13.5 Å². The molecule has 0 N–H and O–H groups in total. The van der Waals surface area contributed by atoms with Gasteiger partial charge in [-0.1, -0.05) is 53.0 Å². The monoisotopic (exact) mass is 546 g/mol. The minimum atomic E-state index is -0.129. The zero-order chi connectivity index (χ0) is 24.9. The van der Waals surface area contributed by atoms with E-state index in [2.05, 4.69) is 4.99 Å². The molecular formula is C26H21Cl3N2O3S. The highest BCUT2D eigenvalue weighted by atomic mass is 35.5. The van der Waals surface area contributed by atoms with Crippen LogP contribution in [-0.4, -0.2) is 29.6 Å². The maximum absolute atomic E-state index is 13.0. The minimum absolute atomic E-state index is 0.129. The van der Waals surface area contributed by atoms with E-state index >= 15 is 0 Å². The van der Waals surface area contributed by atoms with Gasteiger partial charge in [0.25, 0.3) is 5.91 Å². The summed E-state index contributed by atoms with van der Waals surface area (Å²) in [5, 5.41) is 1.88. The minimum Gasteiger partial charge on any atom is -0.497 e. The molecule has 1 aliphatic rings. The fraction of sp³-hybridized carbons (Fsp3) is 0.154. The topological polar surface area (TPSA) is 51.1 Å². The summed E-state index contributed by atoms with van der Waals surface area (Å²) in [7, 11) is 1.61. The maximum atomic E-state index is 13.0. The molecule has 0 spiro atoms. The van der Waals surface area contributed by atoms with E-state index in [0.717, 1.165) is 17.0 Å². The lowest BCUT2D eigenvalue weighted by Crippen LogP contribution is -2.28. The van der Waals surface area contributed by atoms with Crippen molar-refractivity contribution in [3.8, 4) is 11.5 Å². The second-order valence-corrected chi connectivity index (χ2v) is 9.68. The number of carbonyl (C=O) groups is 1. The molecule has 5 nitrogen and oxygen atoms in total. The van der Waals surface area contributed by atoms with Crippen LogP contribution < -0.4 is 9.47 Å². The summed E-state index contributed by atoms with van der Waals surface area (Å²) in [4.78, 5) is 19.8. The van der Waals surface area contributed by atoms with Gasteiger partial charge >= 0.3 is 0 Å². The number of halogens is 3. The molecule has 1 fully saturated rings. The van der Waals surface area contributed by atoms with Crippen LogP contribution in [0.3, 0.4) is 0 Å². The standard InChI is InChI=1S/C26H21Cl3N2O3S/c1-3-31-25(32)23(35-26(31)30-18-8-10-19(33-2)11-9-18)14-16-12-21(28)24(22(29)13-16)34-15-17-6-4-5-7-20(17)27/h4-14H,3,15H2,1-2H3/b23-14+,30-26?. The number of amidine groups is 1. The third kappa shape index (κ3) is 5.96. The molecule has 1 saturated heterocycles. The number of nitrogens with zero attached hydrogens (tertiary/aromatic N) is 2. The molecule has 0 atom stereocenters. The number of ether oxygens (including phenoxy) is 2. The van der Waals surface area contributed by atoms with E-state index in [1.165, 1.54) is 11.8 Å². The smallest absolute Gasteiger partial charge is 0.266 e. The lowest BCUT2D eigenvalue weighted by Gasteiger charge is -2.12. The van der Waals surface area contributed by atoms with Gasteiger partial charge in [-0.2, -0.15) is 0 Å². The van der Waals surface area contributed by atoms with Gasteiger partial charge in [0, 0.05) is 17.1 Å². The van der Waals surface area contributed by atoms with E-state index in [-0.39, 0.29) is 12.5 Å². The van der Waals surface area contributed by atoms with Crippen LogP contribution in [0.4, 0.5) is 5.69 Å². The second-order valence-electron chi connectivity index (χ2n) is 7.45. The van der Waals surface area contributed by atoms with Crippen LogP contribution >= 0.6 is 46.6 Å². The molecule has 0 radical (unpaired) electrons. The van der Waals surface area contributed by atoms with E-state index in [0.29, 0.717) is 43.0 Å². The molecule has 1 heterocycles. The molecular weight excluding hydrogens is 527 g/mol. The Kier molecular flexibility index (Phi) is 8.29. The number of carbonyl (C=O) groups excluding carboxylic acids is 1. The van der Waals surface area contributed by atoms with Crippen molar-refractivity contribution < 1.29 is 14.3 Å². The van der Waals surface area contributed by atoms with Crippen molar-refractivity contribution in [1.29, 1.82) is 0 Å². The molecule has 9 heteroatoms. The highest BCUT2D eigenvalue weighted by Crippen LogP contribution is 2.38. The number of likely N-dealkylation sites (N-methyl/N-ethyl adjacent to an activating group) is 1. The van der Waals surface area contributed by atoms with Gasteiger partial charge in [0.1, 0.15) is 12.4 Å². The highest BCUT2D eigenvalue weighted by molar-refractivity contribution is 8.18. The first-order chi connectivity index (χ1) is 16.9. The van der Waals surface area contributed by atoms with Crippen LogP contribution in [0, 0.1) is 0 Å². The van der Waals surface area contributed by atoms with Gasteiger partial charge < -0.3 is 9.47 Å². The zero-order valence-electron chi connectivity index (χ0n) is 18.9. The molecule has 0 aliphatic carbocycles. The molecule has 0 unspecified atom stereocenters. The van der Waals surface area contributed by atoms with Gasteiger partial charge in [-0.25, -0.2) is 4.99 Å². The highest BCUT2D eigenvalue weighted by Gasteiger charge is 2.32. The van der Waals surface area contributed by atoms with Crippen molar-refractivity contribution >= 4 is 69.4 Å². The fourth-order valence-corrected chi connectivity index (χ4v) is 5.22. The van der Waals surface area contributed by atoms with Gasteiger partial charge in [-0.3, -0.25) is 9.69 Å². The Morgan fingerprint density at radius 1 is 1.00 bits per heavy atom. The first-order valence-electron chi connectivity index (χ1n) is 10.7. The molecule has 180 valence electrons. The molecule has 35 heavy (non-hydrogen) atoms. The van der Waals surface area contributed by atoms with E-state index in [1.54, 1.807) is 36.3 Å². The van der Waals surface area contributed by atoms with Gasteiger partial charge in [-0.05, 0) is 72.8 Å². The van der Waals surface area contributed by atoms with Crippen molar-refractivity contribution in [1.82, 2.24) is 4.90 Å². The van der Waals surface area contributed by atoms with Gasteiger partial charge in [0.2, 0.25) is 0 Å². The Labute approximate surface area is 223 Å². The summed E-state index contributed by atoms with van der Waals surface area (Å²) < 4.78 is 11.0. The third-order valence-corrected chi connectivity index (χ3v) is 7.09. The maximum Gasteiger partial charge on any atom is 0.266 e. The Morgan fingerprint density at radius 3 is 2.31 bits per heavy atom. The zero-order valence-corrected chi connectivity index (χ0v) is 22.0. The first-order valence-corrected chi connectivity index (χ1v) is 12.6. The van der Waals surface area contributed by atoms with Crippen LogP contribution in [0.1, 0.15) is 18.1 Å². The van der Waals surface area contributed by atoms with Gasteiger partial charge in [-0.15, -0.1) is 0 Å². The summed E-state index contributed by atoms with van der Waals surface area (Å²) in [6.45, 7) is 2.63. The van der Waals surface area contributed by atoms with Gasteiger partial charge in [0.05, 0.1) is 27.7 Å². The largest absolute Gasteiger partial charge is 0.497 e. The van der Waals surface area contributed by atoms with Crippen molar-refractivity contribution in [3.05, 3.63) is 91.8 Å². The molecule has 4 rings (SSSR count). The Morgan fingerprint density at radius 2 is 1.69 bits per heavy atom. The van der Waals surface area contributed by atoms with E-state index in [1.807, 2.05) is 49.4 Å². The molecule has 0 saturated carbocycles. The summed E-state index contributed by atoms with van der Waals surface area (Å²) in [6, 6.07) is 18.2. The number of aliphatic imine (C=N–C) groups is 1. The number of benzene rings is 3. The lowest BCUT2D eigenvalue weighted by molar-refractivity contribution is -0.122. The number of amides is 1. The van der Waals surface area contributed by atoms with Crippen LogP contribution in [-0.2, 0) is 11.4 Å². The number of rotatable bonds is 7. The average Bonchev–Trinajstić information content (AvgIpc) is 3.13. The van der Waals surface area contributed by atoms with E-state index in [9.17, 15) is 4.79 Å². The van der Waals surface area contributed by atoms with Crippen LogP contribution in [0.15, 0.2) is 70.6 Å². The quantitative estimate of drug-likeness (QED) is 0.283. The lowest BCUT2D eigenvalue weighted by atomic mass is 10.2. The number of methoxy groups -OCH3 is 1. The molecule has 1 amide bonds. The summed E-state index contributed by atoms with van der Waals surface area (Å²) in [6.07, 6.45) is 1.75. The SMILES string of the molecule is CCN1C(=O)/C(=C\c2cc(Cl)c(OCc3ccccc3Cl)c(Cl)c2)SC1=Nc1ccc(OC)cc1. The first kappa shape index (κ1) is 25.5. The molecule has 0 bridgehead atoms. The number of hydrogen-bond donors (Lipinski definition) is 0. The number of thioether (sulfide) groups is 1. The van der Waals surface area contributed by atoms with E-state index in [4.69, 9.17) is 44.3 Å². The van der Waals surface area contributed by atoms with Gasteiger partial charge in [0.15, 0.2) is 10.9 Å². The van der Waals surface area contributed by atoms with E-state index < -0.39 is 0 Å². The summed E-state index contributed by atoms with van der Waals surface area (Å²) in [5.74, 6) is 0.971.